The number of esters is 1. The number of carbonyl (C=O) groups excluding carboxylic acids is 2. The van der Waals surface area contributed by atoms with Gasteiger partial charge in [0.15, 0.2) is 17.9 Å². The van der Waals surface area contributed by atoms with E-state index in [9.17, 15) is 9.59 Å². The molecule has 2 aromatic heterocycles. The molecule has 0 aliphatic carbocycles. The molecule has 0 aliphatic heterocycles. The molecule has 0 saturated heterocycles. The van der Waals surface area contributed by atoms with E-state index in [-0.39, 0.29) is 11.4 Å². The molecule has 0 atom stereocenters. The molecule has 7 nitrogen and oxygen atoms in total. The topological polar surface area (TPSA) is 91.3 Å². The van der Waals surface area contributed by atoms with Crippen molar-refractivity contribution in [3.8, 4) is 17.0 Å². The molecule has 2 aromatic rings. The van der Waals surface area contributed by atoms with E-state index in [1.165, 1.54) is 26.6 Å². The fraction of sp³-hybridized carbons (Fsp3) is 0.214. The largest absolute Gasteiger partial charge is 0.493 e. The summed E-state index contributed by atoms with van der Waals surface area (Å²) in [6.45, 7) is 1.78. The van der Waals surface area contributed by atoms with Gasteiger partial charge in [-0.15, -0.1) is 0 Å². The fourth-order valence-electron chi connectivity index (χ4n) is 1.81. The van der Waals surface area contributed by atoms with Gasteiger partial charge in [-0.2, -0.15) is 0 Å². The van der Waals surface area contributed by atoms with E-state index < -0.39 is 5.97 Å². The number of hydrogen-bond acceptors (Lipinski definition) is 7. The van der Waals surface area contributed by atoms with Crippen LogP contribution < -0.4 is 4.74 Å². The molecule has 0 radical (unpaired) electrons. The zero-order valence-electron chi connectivity index (χ0n) is 11.8. The summed E-state index contributed by atoms with van der Waals surface area (Å²) in [5.41, 5.74) is 1.72. The van der Waals surface area contributed by atoms with Crippen molar-refractivity contribution >= 4 is 12.3 Å². The summed E-state index contributed by atoms with van der Waals surface area (Å²) >= 11 is 0. The second kappa shape index (κ2) is 6.08. The zero-order chi connectivity index (χ0) is 15.4. The average Bonchev–Trinajstić information content (AvgIpc) is 2.53. The Labute approximate surface area is 121 Å². The van der Waals surface area contributed by atoms with Crippen LogP contribution in [-0.2, 0) is 4.74 Å². The van der Waals surface area contributed by atoms with Crippen LogP contribution in [0.15, 0.2) is 18.5 Å². The van der Waals surface area contributed by atoms with Crippen LogP contribution in [-0.4, -0.2) is 41.4 Å². The molecular formula is C14H13N3O4. The quantitative estimate of drug-likeness (QED) is 0.620. The molecule has 0 amide bonds. The smallest absolute Gasteiger partial charge is 0.340 e. The van der Waals surface area contributed by atoms with Crippen molar-refractivity contribution in [3.05, 3.63) is 35.5 Å². The maximum absolute atomic E-state index is 11.9. The van der Waals surface area contributed by atoms with Gasteiger partial charge < -0.3 is 9.47 Å². The number of rotatable bonds is 4. The van der Waals surface area contributed by atoms with Crippen molar-refractivity contribution < 1.29 is 19.1 Å². The van der Waals surface area contributed by atoms with Crippen LogP contribution in [0, 0.1) is 6.92 Å². The minimum atomic E-state index is -0.550. The van der Waals surface area contributed by atoms with Gasteiger partial charge in [-0.25, -0.2) is 14.8 Å². The third-order valence-electron chi connectivity index (χ3n) is 2.80. The summed E-state index contributed by atoms with van der Waals surface area (Å²) in [4.78, 5) is 34.7. The third-order valence-corrected chi connectivity index (χ3v) is 2.80. The van der Waals surface area contributed by atoms with Gasteiger partial charge in [0.2, 0.25) is 0 Å². The number of pyridine rings is 1. The summed E-state index contributed by atoms with van der Waals surface area (Å²) < 4.78 is 9.93. The summed E-state index contributed by atoms with van der Waals surface area (Å²) in [7, 11) is 2.73. The van der Waals surface area contributed by atoms with Crippen LogP contribution in [0.5, 0.6) is 5.75 Å². The highest BCUT2D eigenvalue weighted by molar-refractivity contribution is 5.97. The normalized spacial score (nSPS) is 10.0. The van der Waals surface area contributed by atoms with Gasteiger partial charge in [-0.05, 0) is 13.0 Å². The van der Waals surface area contributed by atoms with Crippen LogP contribution in [0.25, 0.3) is 11.3 Å². The van der Waals surface area contributed by atoms with Gasteiger partial charge >= 0.3 is 5.97 Å². The first kappa shape index (κ1) is 14.6. The molecule has 0 bridgehead atoms. The molecule has 0 aromatic carbocycles. The number of nitrogens with zero attached hydrogens (tertiary/aromatic N) is 3. The summed E-state index contributed by atoms with van der Waals surface area (Å²) in [6, 6.07) is 1.67. The highest BCUT2D eigenvalue weighted by atomic mass is 16.5. The molecule has 2 rings (SSSR count). The van der Waals surface area contributed by atoms with E-state index >= 15 is 0 Å². The number of carbonyl (C=O) groups is 2. The molecule has 7 heteroatoms. The lowest BCUT2D eigenvalue weighted by atomic mass is 10.0. The number of aromatic nitrogens is 3. The Kier molecular flexibility index (Phi) is 4.22. The van der Waals surface area contributed by atoms with Crippen LogP contribution in [0.1, 0.15) is 26.7 Å². The second-order valence-electron chi connectivity index (χ2n) is 4.13. The monoisotopic (exact) mass is 287 g/mol. The van der Waals surface area contributed by atoms with E-state index in [1.54, 1.807) is 13.0 Å². The zero-order valence-corrected chi connectivity index (χ0v) is 11.8. The highest BCUT2D eigenvalue weighted by Gasteiger charge is 2.19. The second-order valence-corrected chi connectivity index (χ2v) is 4.13. The van der Waals surface area contributed by atoms with Crippen molar-refractivity contribution in [2.24, 2.45) is 0 Å². The lowest BCUT2D eigenvalue weighted by Gasteiger charge is -2.11. The number of ether oxygens (including phenoxy) is 2. The van der Waals surface area contributed by atoms with Crippen molar-refractivity contribution in [3.63, 3.8) is 0 Å². The molecule has 0 saturated carbocycles. The summed E-state index contributed by atoms with van der Waals surface area (Å²) in [5, 5.41) is 0. The molecule has 108 valence electrons. The van der Waals surface area contributed by atoms with Crippen molar-refractivity contribution in [1.82, 2.24) is 15.0 Å². The maximum atomic E-state index is 11.9. The number of aryl methyl sites for hydroxylation is 1. The maximum Gasteiger partial charge on any atom is 0.340 e. The van der Waals surface area contributed by atoms with E-state index in [4.69, 9.17) is 9.47 Å². The molecule has 0 spiro atoms. The lowest BCUT2D eigenvalue weighted by molar-refractivity contribution is 0.0601. The lowest BCUT2D eigenvalue weighted by Crippen LogP contribution is -2.07. The molecular weight excluding hydrogens is 274 g/mol. The summed E-state index contributed by atoms with van der Waals surface area (Å²) in [5.74, 6) is -0.210. The van der Waals surface area contributed by atoms with Gasteiger partial charge in [0.05, 0.1) is 26.0 Å². The Morgan fingerprint density at radius 2 is 2.00 bits per heavy atom. The predicted octanol–water partition coefficient (Wildman–Crippen LogP) is 1.45. The molecule has 21 heavy (non-hydrogen) atoms. The third kappa shape index (κ3) is 2.86. The Bertz CT molecular complexity index is 701. The van der Waals surface area contributed by atoms with E-state index in [0.29, 0.717) is 29.0 Å². The first-order chi connectivity index (χ1) is 10.1. The van der Waals surface area contributed by atoms with Gasteiger partial charge in [0.25, 0.3) is 0 Å². The minimum Gasteiger partial charge on any atom is -0.493 e. The van der Waals surface area contributed by atoms with E-state index in [1.807, 2.05) is 0 Å². The fourth-order valence-corrected chi connectivity index (χ4v) is 1.81. The number of hydrogen-bond donors (Lipinski definition) is 0. The molecule has 0 fully saturated rings. The Morgan fingerprint density at radius 1 is 1.24 bits per heavy atom. The highest BCUT2D eigenvalue weighted by Crippen LogP contribution is 2.30. The van der Waals surface area contributed by atoms with Crippen LogP contribution >= 0.6 is 0 Å². The van der Waals surface area contributed by atoms with Gasteiger partial charge in [-0.3, -0.25) is 9.78 Å². The Hall–Kier alpha value is -2.83. The van der Waals surface area contributed by atoms with Gasteiger partial charge in [0.1, 0.15) is 5.69 Å². The molecule has 0 unspecified atom stereocenters. The SMILES string of the molecule is COC(=O)c1cnc(C)cc1-c1nc(C=O)ncc1OC. The molecule has 2 heterocycles. The number of aldehydes is 1. The predicted molar refractivity (Wildman–Crippen MR) is 73.3 cm³/mol. The Balaban J connectivity index is 2.73. The Morgan fingerprint density at radius 3 is 2.62 bits per heavy atom. The van der Waals surface area contributed by atoms with E-state index in [0.717, 1.165) is 0 Å². The van der Waals surface area contributed by atoms with Crippen molar-refractivity contribution in [2.45, 2.75) is 6.92 Å². The molecule has 0 aliphatic rings. The minimum absolute atomic E-state index is 0.00363. The first-order valence-electron chi connectivity index (χ1n) is 6.02. The van der Waals surface area contributed by atoms with Gasteiger partial charge in [-0.1, -0.05) is 0 Å². The standard InChI is InChI=1S/C14H13N3O4/c1-8-4-9(10(5-15-8)14(19)21-3)13-11(20-2)6-16-12(7-18)17-13/h4-7H,1-3H3. The summed E-state index contributed by atoms with van der Waals surface area (Å²) in [6.07, 6.45) is 3.30. The van der Waals surface area contributed by atoms with E-state index in [2.05, 4.69) is 15.0 Å². The number of methoxy groups -OCH3 is 2. The van der Waals surface area contributed by atoms with Gasteiger partial charge in [0, 0.05) is 17.5 Å². The van der Waals surface area contributed by atoms with Crippen LogP contribution in [0.2, 0.25) is 0 Å². The molecule has 0 N–H and O–H groups in total. The average molecular weight is 287 g/mol. The van der Waals surface area contributed by atoms with Crippen molar-refractivity contribution in [1.29, 1.82) is 0 Å². The van der Waals surface area contributed by atoms with Crippen LogP contribution in [0.4, 0.5) is 0 Å². The van der Waals surface area contributed by atoms with Crippen molar-refractivity contribution in [2.75, 3.05) is 14.2 Å². The first-order valence-corrected chi connectivity index (χ1v) is 6.02. The van der Waals surface area contributed by atoms with Crippen LogP contribution in [0.3, 0.4) is 0 Å².